The Morgan fingerprint density at radius 2 is 1.75 bits per heavy atom. The molecule has 1 heteroatoms. The van der Waals surface area contributed by atoms with Crippen LogP contribution >= 0.6 is 11.8 Å². The van der Waals surface area contributed by atoms with Crippen LogP contribution in [0.25, 0.3) is 18.2 Å². The van der Waals surface area contributed by atoms with Crippen molar-refractivity contribution in [3.05, 3.63) is 82.4 Å². The molecule has 0 aliphatic rings. The lowest BCUT2D eigenvalue weighted by Gasteiger charge is -2.11. The van der Waals surface area contributed by atoms with E-state index in [0.29, 0.717) is 0 Å². The number of benzene rings is 2. The summed E-state index contributed by atoms with van der Waals surface area (Å²) in [5.74, 6) is 0.978. The minimum atomic E-state index is 0.978. The van der Waals surface area contributed by atoms with Crippen molar-refractivity contribution in [1.82, 2.24) is 0 Å². The zero-order valence-electron chi connectivity index (χ0n) is 15.1. The SMILES string of the molecule is C=Cc1cccc(SC/C(C)=C/c2c(C)cc(C)cc2C=C)c1C. The standard InChI is InChI=1S/C23H26S/c1-7-20-10-9-11-23(19(20)6)24-15-17(4)14-22-18(5)12-16(3)13-21(22)8-2/h7-14H,1-2,15H2,3-6H3/b17-14+. The first-order valence-electron chi connectivity index (χ1n) is 8.22. The highest BCUT2D eigenvalue weighted by Gasteiger charge is 2.05. The Hall–Kier alpha value is -1.99. The highest BCUT2D eigenvalue weighted by atomic mass is 32.2. The van der Waals surface area contributed by atoms with Gasteiger partial charge in [0.15, 0.2) is 0 Å². The van der Waals surface area contributed by atoms with E-state index in [1.165, 1.54) is 43.8 Å². The monoisotopic (exact) mass is 334 g/mol. The molecule has 0 aliphatic carbocycles. The topological polar surface area (TPSA) is 0 Å². The summed E-state index contributed by atoms with van der Waals surface area (Å²) in [6.07, 6.45) is 6.17. The Morgan fingerprint density at radius 1 is 1.04 bits per heavy atom. The normalized spacial score (nSPS) is 11.4. The van der Waals surface area contributed by atoms with Gasteiger partial charge in [-0.05, 0) is 61.6 Å². The first-order valence-corrected chi connectivity index (χ1v) is 9.20. The molecule has 0 heterocycles. The van der Waals surface area contributed by atoms with Crippen molar-refractivity contribution in [2.24, 2.45) is 0 Å². The molecule has 2 aromatic rings. The van der Waals surface area contributed by atoms with Gasteiger partial charge in [-0.2, -0.15) is 0 Å². The van der Waals surface area contributed by atoms with E-state index in [9.17, 15) is 0 Å². The lowest BCUT2D eigenvalue weighted by atomic mass is 9.97. The van der Waals surface area contributed by atoms with Crippen LogP contribution in [-0.2, 0) is 0 Å². The summed E-state index contributed by atoms with van der Waals surface area (Å²) in [5.41, 5.74) is 8.96. The second kappa shape index (κ2) is 8.21. The summed E-state index contributed by atoms with van der Waals surface area (Å²) in [5, 5.41) is 0. The molecule has 2 rings (SSSR count). The summed E-state index contributed by atoms with van der Waals surface area (Å²) in [6, 6.07) is 10.8. The van der Waals surface area contributed by atoms with Crippen molar-refractivity contribution >= 4 is 30.0 Å². The Morgan fingerprint density at radius 3 is 2.42 bits per heavy atom. The van der Waals surface area contributed by atoms with E-state index in [1.54, 1.807) is 0 Å². The van der Waals surface area contributed by atoms with Crippen molar-refractivity contribution in [2.75, 3.05) is 5.75 Å². The van der Waals surface area contributed by atoms with Gasteiger partial charge in [0.1, 0.15) is 0 Å². The molecule has 0 unspecified atom stereocenters. The van der Waals surface area contributed by atoms with Gasteiger partial charge in [-0.1, -0.05) is 66.8 Å². The van der Waals surface area contributed by atoms with E-state index in [2.05, 4.69) is 77.3 Å². The molecule has 0 spiro atoms. The highest BCUT2D eigenvalue weighted by Crippen LogP contribution is 2.28. The molecule has 0 saturated heterocycles. The summed E-state index contributed by atoms with van der Waals surface area (Å²) in [7, 11) is 0. The third-order valence-corrected chi connectivity index (χ3v) is 5.53. The van der Waals surface area contributed by atoms with Gasteiger partial charge < -0.3 is 0 Å². The second-order valence-electron chi connectivity index (χ2n) is 6.24. The van der Waals surface area contributed by atoms with E-state index in [0.717, 1.165) is 5.75 Å². The Kier molecular flexibility index (Phi) is 6.28. The molecule has 0 N–H and O–H groups in total. The van der Waals surface area contributed by atoms with Crippen LogP contribution in [0, 0.1) is 20.8 Å². The number of hydrogen-bond donors (Lipinski definition) is 0. The van der Waals surface area contributed by atoms with Crippen LogP contribution in [0.5, 0.6) is 0 Å². The molecule has 2 aromatic carbocycles. The molecule has 24 heavy (non-hydrogen) atoms. The van der Waals surface area contributed by atoms with E-state index in [4.69, 9.17) is 0 Å². The lowest BCUT2D eigenvalue weighted by Crippen LogP contribution is -1.92. The first-order chi connectivity index (χ1) is 11.5. The van der Waals surface area contributed by atoms with Gasteiger partial charge in [0.05, 0.1) is 0 Å². The summed E-state index contributed by atoms with van der Waals surface area (Å²) in [6.45, 7) is 16.5. The zero-order valence-corrected chi connectivity index (χ0v) is 16.0. The van der Waals surface area contributed by atoms with Crippen LogP contribution in [0.3, 0.4) is 0 Å². The minimum Gasteiger partial charge on any atom is -0.121 e. The zero-order chi connectivity index (χ0) is 17.7. The van der Waals surface area contributed by atoms with E-state index in [1.807, 2.05) is 23.9 Å². The van der Waals surface area contributed by atoms with Gasteiger partial charge in [0.25, 0.3) is 0 Å². The average Bonchev–Trinajstić information content (AvgIpc) is 2.56. The molecule has 0 radical (unpaired) electrons. The van der Waals surface area contributed by atoms with Gasteiger partial charge in [-0.15, -0.1) is 11.8 Å². The van der Waals surface area contributed by atoms with Crippen LogP contribution in [0.4, 0.5) is 0 Å². The smallest absolute Gasteiger partial charge is 0.0191 e. The molecule has 0 bridgehead atoms. The molecular weight excluding hydrogens is 308 g/mol. The van der Waals surface area contributed by atoms with E-state index < -0.39 is 0 Å². The molecular formula is C23H26S. The third kappa shape index (κ3) is 4.30. The van der Waals surface area contributed by atoms with Gasteiger partial charge >= 0.3 is 0 Å². The van der Waals surface area contributed by atoms with Crippen LogP contribution in [0.1, 0.15) is 40.3 Å². The maximum Gasteiger partial charge on any atom is 0.0191 e. The Labute approximate surface area is 151 Å². The summed E-state index contributed by atoms with van der Waals surface area (Å²) < 4.78 is 0. The predicted octanol–water partition coefficient (Wildman–Crippen LogP) is 7.09. The van der Waals surface area contributed by atoms with Crippen molar-refractivity contribution in [1.29, 1.82) is 0 Å². The molecule has 0 saturated carbocycles. The molecule has 0 aromatic heterocycles. The van der Waals surface area contributed by atoms with Gasteiger partial charge in [0.2, 0.25) is 0 Å². The lowest BCUT2D eigenvalue weighted by molar-refractivity contribution is 1.28. The molecule has 0 nitrogen and oxygen atoms in total. The van der Waals surface area contributed by atoms with E-state index >= 15 is 0 Å². The number of rotatable bonds is 6. The van der Waals surface area contributed by atoms with Gasteiger partial charge in [0, 0.05) is 10.6 Å². The maximum atomic E-state index is 3.96. The van der Waals surface area contributed by atoms with Crippen LogP contribution in [0.2, 0.25) is 0 Å². The minimum absolute atomic E-state index is 0.978. The number of hydrogen-bond acceptors (Lipinski definition) is 1. The largest absolute Gasteiger partial charge is 0.121 e. The number of thioether (sulfide) groups is 1. The second-order valence-corrected chi connectivity index (χ2v) is 7.26. The molecule has 0 aliphatic heterocycles. The molecule has 124 valence electrons. The van der Waals surface area contributed by atoms with Gasteiger partial charge in [-0.3, -0.25) is 0 Å². The molecule has 0 amide bonds. The summed E-state index contributed by atoms with van der Waals surface area (Å²) >= 11 is 1.88. The fourth-order valence-corrected chi connectivity index (χ4v) is 3.84. The van der Waals surface area contributed by atoms with E-state index in [-0.39, 0.29) is 0 Å². The maximum absolute atomic E-state index is 3.96. The Bertz CT molecular complexity index is 794. The fraction of sp³-hybridized carbons (Fsp3) is 0.217. The third-order valence-electron chi connectivity index (χ3n) is 4.18. The van der Waals surface area contributed by atoms with Crippen LogP contribution in [0.15, 0.2) is 54.0 Å². The van der Waals surface area contributed by atoms with Crippen LogP contribution in [-0.4, -0.2) is 5.75 Å². The number of aryl methyl sites for hydroxylation is 2. The molecule has 0 atom stereocenters. The van der Waals surface area contributed by atoms with Crippen molar-refractivity contribution in [3.8, 4) is 0 Å². The van der Waals surface area contributed by atoms with Gasteiger partial charge in [-0.25, -0.2) is 0 Å². The predicted molar refractivity (Wildman–Crippen MR) is 112 cm³/mol. The van der Waals surface area contributed by atoms with Crippen LogP contribution < -0.4 is 0 Å². The quantitative estimate of drug-likeness (QED) is 0.508. The van der Waals surface area contributed by atoms with Crippen molar-refractivity contribution in [2.45, 2.75) is 32.6 Å². The van der Waals surface area contributed by atoms with Crippen molar-refractivity contribution in [3.63, 3.8) is 0 Å². The average molecular weight is 335 g/mol. The molecule has 0 fully saturated rings. The fourth-order valence-electron chi connectivity index (χ4n) is 2.87. The summed E-state index contributed by atoms with van der Waals surface area (Å²) in [4.78, 5) is 1.32. The highest BCUT2D eigenvalue weighted by molar-refractivity contribution is 7.99. The first kappa shape index (κ1) is 18.4. The Balaban J connectivity index is 2.22. The van der Waals surface area contributed by atoms with Crippen molar-refractivity contribution < 1.29 is 0 Å².